The lowest BCUT2D eigenvalue weighted by molar-refractivity contribution is 0.224. The highest BCUT2D eigenvalue weighted by Gasteiger charge is 2.15. The van der Waals surface area contributed by atoms with E-state index in [0.29, 0.717) is 23.1 Å². The molecule has 1 aromatic heterocycles. The van der Waals surface area contributed by atoms with Crippen LogP contribution in [0.15, 0.2) is 22.4 Å². The summed E-state index contributed by atoms with van der Waals surface area (Å²) in [4.78, 5) is 0. The number of hydrogen-bond donors (Lipinski definition) is 0. The van der Waals surface area contributed by atoms with Crippen LogP contribution in [0.1, 0.15) is 51.9 Å². The lowest BCUT2D eigenvalue weighted by atomic mass is 10.2. The van der Waals surface area contributed by atoms with Gasteiger partial charge in [-0.05, 0) is 44.7 Å². The summed E-state index contributed by atoms with van der Waals surface area (Å²) in [5.74, 6) is 2.18. The van der Waals surface area contributed by atoms with Gasteiger partial charge < -0.3 is 9.47 Å². The molecule has 0 bridgehead atoms. The molecule has 6 nitrogen and oxygen atoms in total. The number of thioether (sulfide) groups is 1. The van der Waals surface area contributed by atoms with Crippen molar-refractivity contribution in [1.82, 2.24) is 14.9 Å². The zero-order valence-electron chi connectivity index (χ0n) is 16.0. The number of aromatic nitrogens is 3. The van der Waals surface area contributed by atoms with Gasteiger partial charge in [-0.25, -0.2) is 0 Å². The highest BCUT2D eigenvalue weighted by Crippen LogP contribution is 2.37. The molecule has 0 amide bonds. The Morgan fingerprint density at radius 3 is 2.58 bits per heavy atom. The average Bonchev–Trinajstić information content (AvgIpc) is 2.99. The molecule has 0 saturated carbocycles. The molecular weight excluding hydrogens is 372 g/mol. The molecule has 26 heavy (non-hydrogen) atoms. The van der Waals surface area contributed by atoms with Gasteiger partial charge in [0.15, 0.2) is 17.3 Å². The highest BCUT2D eigenvalue weighted by atomic mass is 35.5. The molecule has 0 spiro atoms. The predicted octanol–water partition coefficient (Wildman–Crippen LogP) is 4.84. The Labute approximate surface area is 163 Å². The van der Waals surface area contributed by atoms with Crippen molar-refractivity contribution in [2.24, 2.45) is 5.10 Å². The van der Waals surface area contributed by atoms with Gasteiger partial charge in [0.2, 0.25) is 5.16 Å². The Morgan fingerprint density at radius 1 is 1.27 bits per heavy atom. The predicted molar refractivity (Wildman–Crippen MR) is 107 cm³/mol. The van der Waals surface area contributed by atoms with Crippen molar-refractivity contribution in [2.75, 3.05) is 12.9 Å². The smallest absolute Gasteiger partial charge is 0.211 e. The number of hydrogen-bond acceptors (Lipinski definition) is 6. The van der Waals surface area contributed by atoms with Gasteiger partial charge in [0.1, 0.15) is 0 Å². The van der Waals surface area contributed by atoms with Crippen molar-refractivity contribution in [3.63, 3.8) is 0 Å². The van der Waals surface area contributed by atoms with Crippen LogP contribution in [0.3, 0.4) is 0 Å². The Bertz CT molecular complexity index is 775. The summed E-state index contributed by atoms with van der Waals surface area (Å²) in [7, 11) is 0. The summed E-state index contributed by atoms with van der Waals surface area (Å²) in [5, 5.41) is 14.2. The molecule has 0 aliphatic rings. The molecule has 0 aliphatic heterocycles. The second-order valence-electron chi connectivity index (χ2n) is 6.19. The van der Waals surface area contributed by atoms with E-state index in [-0.39, 0.29) is 12.0 Å². The summed E-state index contributed by atoms with van der Waals surface area (Å²) in [6.07, 6.45) is 3.67. The van der Waals surface area contributed by atoms with E-state index in [1.54, 1.807) is 10.9 Å². The molecule has 8 heteroatoms. The van der Waals surface area contributed by atoms with Crippen LogP contribution in [0.4, 0.5) is 0 Å². The standard InChI is InChI=1S/C18H25ClN4O2S/c1-7-24-15-9-13(8-14(19)16(15)25-12(4)5)10-20-23-17(11(2)3)21-22-18(23)26-6/h8-12H,7H2,1-6H3/b20-10-. The minimum absolute atomic E-state index is 0.000911. The van der Waals surface area contributed by atoms with Gasteiger partial charge in [-0.2, -0.15) is 9.78 Å². The molecule has 0 aliphatic carbocycles. The Balaban J connectivity index is 2.41. The second kappa shape index (κ2) is 9.28. The van der Waals surface area contributed by atoms with E-state index in [0.717, 1.165) is 16.5 Å². The zero-order chi connectivity index (χ0) is 19.3. The molecule has 2 rings (SSSR count). The first-order valence-electron chi connectivity index (χ1n) is 8.54. The molecule has 1 aromatic carbocycles. The summed E-state index contributed by atoms with van der Waals surface area (Å²) < 4.78 is 13.2. The maximum atomic E-state index is 6.41. The van der Waals surface area contributed by atoms with E-state index in [9.17, 15) is 0 Å². The largest absolute Gasteiger partial charge is 0.490 e. The fraction of sp³-hybridized carbons (Fsp3) is 0.500. The number of halogens is 1. The van der Waals surface area contributed by atoms with Crippen LogP contribution < -0.4 is 9.47 Å². The molecule has 1 heterocycles. The Hall–Kier alpha value is -1.73. The fourth-order valence-electron chi connectivity index (χ4n) is 2.27. The lowest BCUT2D eigenvalue weighted by Gasteiger charge is -2.16. The third-order valence-electron chi connectivity index (χ3n) is 3.34. The van der Waals surface area contributed by atoms with Crippen LogP contribution in [0, 0.1) is 0 Å². The monoisotopic (exact) mass is 396 g/mol. The van der Waals surface area contributed by atoms with Crippen molar-refractivity contribution >= 4 is 29.6 Å². The molecule has 0 radical (unpaired) electrons. The molecule has 0 atom stereocenters. The SMILES string of the molecule is CCOc1cc(/C=N\n2c(SC)nnc2C(C)C)cc(Cl)c1OC(C)C. The van der Waals surface area contributed by atoms with E-state index >= 15 is 0 Å². The molecular formula is C18H25ClN4O2S. The lowest BCUT2D eigenvalue weighted by Crippen LogP contribution is -2.08. The first-order chi connectivity index (χ1) is 12.4. The first kappa shape index (κ1) is 20.6. The van der Waals surface area contributed by atoms with Crippen molar-refractivity contribution < 1.29 is 9.47 Å². The Kier molecular flexibility index (Phi) is 7.34. The molecule has 0 fully saturated rings. The second-order valence-corrected chi connectivity index (χ2v) is 7.37. The van der Waals surface area contributed by atoms with E-state index < -0.39 is 0 Å². The van der Waals surface area contributed by atoms with Crippen LogP contribution in [-0.4, -0.2) is 40.1 Å². The maximum Gasteiger partial charge on any atom is 0.211 e. The van der Waals surface area contributed by atoms with E-state index in [1.165, 1.54) is 11.8 Å². The molecule has 0 unspecified atom stereocenters. The number of ether oxygens (including phenoxy) is 2. The molecule has 142 valence electrons. The molecule has 2 aromatic rings. The van der Waals surface area contributed by atoms with Crippen LogP contribution in [-0.2, 0) is 0 Å². The summed E-state index contributed by atoms with van der Waals surface area (Å²) in [6, 6.07) is 3.68. The summed E-state index contributed by atoms with van der Waals surface area (Å²) in [5.41, 5.74) is 0.810. The van der Waals surface area contributed by atoms with Crippen molar-refractivity contribution in [3.8, 4) is 11.5 Å². The molecule has 0 saturated heterocycles. The van der Waals surface area contributed by atoms with Crippen molar-refractivity contribution in [3.05, 3.63) is 28.5 Å². The van der Waals surface area contributed by atoms with Crippen LogP contribution in [0.5, 0.6) is 11.5 Å². The minimum Gasteiger partial charge on any atom is -0.490 e. The summed E-state index contributed by atoms with van der Waals surface area (Å²) in [6.45, 7) is 10.5. The van der Waals surface area contributed by atoms with Gasteiger partial charge in [-0.3, -0.25) is 0 Å². The third kappa shape index (κ3) is 4.92. The van der Waals surface area contributed by atoms with Gasteiger partial charge in [0.05, 0.1) is 23.9 Å². The van der Waals surface area contributed by atoms with Gasteiger partial charge in [0.25, 0.3) is 0 Å². The van der Waals surface area contributed by atoms with Crippen molar-refractivity contribution in [2.45, 2.75) is 51.8 Å². The first-order valence-corrected chi connectivity index (χ1v) is 10.1. The highest BCUT2D eigenvalue weighted by molar-refractivity contribution is 7.98. The van der Waals surface area contributed by atoms with Gasteiger partial charge >= 0.3 is 0 Å². The van der Waals surface area contributed by atoms with Crippen molar-refractivity contribution in [1.29, 1.82) is 0 Å². The number of rotatable bonds is 8. The quantitative estimate of drug-likeness (QED) is 0.471. The topological polar surface area (TPSA) is 61.5 Å². The fourth-order valence-corrected chi connectivity index (χ4v) is 2.97. The number of nitrogens with zero attached hydrogens (tertiary/aromatic N) is 4. The van der Waals surface area contributed by atoms with Crippen LogP contribution in [0.25, 0.3) is 0 Å². The van der Waals surface area contributed by atoms with Gasteiger partial charge in [0, 0.05) is 5.92 Å². The van der Waals surface area contributed by atoms with E-state index in [1.807, 2.05) is 39.2 Å². The minimum atomic E-state index is 0.000911. The average molecular weight is 397 g/mol. The van der Waals surface area contributed by atoms with Crippen LogP contribution in [0.2, 0.25) is 5.02 Å². The normalized spacial score (nSPS) is 11.7. The summed E-state index contributed by atoms with van der Waals surface area (Å²) >= 11 is 7.91. The van der Waals surface area contributed by atoms with Crippen LogP contribution >= 0.6 is 23.4 Å². The van der Waals surface area contributed by atoms with Gasteiger partial charge in [-0.15, -0.1) is 10.2 Å². The number of benzene rings is 1. The Morgan fingerprint density at radius 2 is 2.00 bits per heavy atom. The third-order valence-corrected chi connectivity index (χ3v) is 4.24. The van der Waals surface area contributed by atoms with E-state index in [2.05, 4.69) is 29.1 Å². The van der Waals surface area contributed by atoms with Gasteiger partial charge in [-0.1, -0.05) is 37.2 Å². The van der Waals surface area contributed by atoms with E-state index in [4.69, 9.17) is 21.1 Å². The maximum absolute atomic E-state index is 6.41. The zero-order valence-corrected chi connectivity index (χ0v) is 17.6. The molecule has 0 N–H and O–H groups in total.